The Balaban J connectivity index is 1.93. The molecule has 174 valence electrons. The first kappa shape index (κ1) is 24.8. The molecule has 1 amide bonds. The highest BCUT2D eigenvalue weighted by Crippen LogP contribution is 2.35. The smallest absolute Gasteiger partial charge is 0.266 e. The van der Waals surface area contributed by atoms with Crippen LogP contribution >= 0.6 is 0 Å². The maximum Gasteiger partial charge on any atom is 0.266 e. The lowest BCUT2D eigenvalue weighted by atomic mass is 10.0. The zero-order valence-electron chi connectivity index (χ0n) is 19.0. The predicted molar refractivity (Wildman–Crippen MR) is 131 cm³/mol. The summed E-state index contributed by atoms with van der Waals surface area (Å²) >= 11 is 0. The molecule has 35 heavy (non-hydrogen) atoms. The molecule has 3 aromatic carbocycles. The quantitative estimate of drug-likeness (QED) is 0.253. The molecular formula is C28H22FN3O3. The number of nitriles is 2. The van der Waals surface area contributed by atoms with E-state index in [0.29, 0.717) is 34.6 Å². The van der Waals surface area contributed by atoms with E-state index in [2.05, 4.69) is 18.0 Å². The average Bonchev–Trinajstić information content (AvgIpc) is 2.87. The Bertz CT molecular complexity index is 1370. The second kappa shape index (κ2) is 11.8. The molecule has 0 saturated carbocycles. The minimum absolute atomic E-state index is 0.0232. The summed E-state index contributed by atoms with van der Waals surface area (Å²) in [6.45, 7) is 3.93. The molecule has 0 aliphatic heterocycles. The van der Waals surface area contributed by atoms with Crippen LogP contribution in [0.1, 0.15) is 22.3 Å². The van der Waals surface area contributed by atoms with Gasteiger partial charge in [-0.15, -0.1) is 6.58 Å². The van der Waals surface area contributed by atoms with E-state index in [1.54, 1.807) is 36.4 Å². The zero-order chi connectivity index (χ0) is 25.2. The van der Waals surface area contributed by atoms with Gasteiger partial charge in [-0.05, 0) is 48.4 Å². The first-order valence-electron chi connectivity index (χ1n) is 10.6. The number of methoxy groups -OCH3 is 1. The van der Waals surface area contributed by atoms with Crippen molar-refractivity contribution < 1.29 is 18.7 Å². The van der Waals surface area contributed by atoms with Gasteiger partial charge in [-0.2, -0.15) is 10.5 Å². The molecule has 0 aromatic heterocycles. The molecule has 1 N–H and O–H groups in total. The van der Waals surface area contributed by atoms with Gasteiger partial charge in [-0.1, -0.05) is 36.4 Å². The van der Waals surface area contributed by atoms with Gasteiger partial charge in [-0.3, -0.25) is 4.79 Å². The van der Waals surface area contributed by atoms with E-state index in [4.69, 9.17) is 9.47 Å². The number of rotatable bonds is 9. The second-order valence-corrected chi connectivity index (χ2v) is 7.37. The molecule has 0 bridgehead atoms. The van der Waals surface area contributed by atoms with Gasteiger partial charge in [0.15, 0.2) is 11.5 Å². The fourth-order valence-electron chi connectivity index (χ4n) is 3.36. The van der Waals surface area contributed by atoms with Crippen molar-refractivity contribution in [2.24, 2.45) is 0 Å². The van der Waals surface area contributed by atoms with Crippen LogP contribution in [-0.2, 0) is 17.8 Å². The number of hydrogen-bond acceptors (Lipinski definition) is 5. The van der Waals surface area contributed by atoms with E-state index in [-0.39, 0.29) is 17.9 Å². The van der Waals surface area contributed by atoms with Gasteiger partial charge in [0.25, 0.3) is 5.91 Å². The molecule has 3 aromatic rings. The third-order valence-corrected chi connectivity index (χ3v) is 5.05. The molecule has 7 heteroatoms. The Hall–Kier alpha value is -4.88. The molecule has 0 aliphatic rings. The molecule has 3 rings (SSSR count). The number of anilines is 1. The van der Waals surface area contributed by atoms with Gasteiger partial charge >= 0.3 is 0 Å². The molecule has 0 spiro atoms. The molecule has 6 nitrogen and oxygen atoms in total. The normalized spacial score (nSPS) is 10.6. The minimum Gasteiger partial charge on any atom is -0.493 e. The van der Waals surface area contributed by atoms with Crippen molar-refractivity contribution in [2.75, 3.05) is 12.4 Å². The molecule has 0 radical (unpaired) electrons. The van der Waals surface area contributed by atoms with E-state index >= 15 is 0 Å². The largest absolute Gasteiger partial charge is 0.493 e. The monoisotopic (exact) mass is 467 g/mol. The Kier molecular flexibility index (Phi) is 8.37. The standard InChI is InChI=1S/C28H22FN3O3/c1-3-8-20-13-19(14-23(17-31)28(33)32-25-12-7-6-11-24(25)29)15-26(34-2)27(20)35-18-22-10-5-4-9-21(22)16-30/h3-7,9-15H,1,8,18H2,2H3,(H,32,33)/b23-14-. The van der Waals surface area contributed by atoms with E-state index in [0.717, 1.165) is 5.56 Å². The van der Waals surface area contributed by atoms with Crippen LogP contribution in [0.3, 0.4) is 0 Å². The highest BCUT2D eigenvalue weighted by Gasteiger charge is 2.16. The number of nitrogens with zero attached hydrogens (tertiary/aromatic N) is 2. The zero-order valence-corrected chi connectivity index (χ0v) is 19.0. The molecule has 0 aliphatic carbocycles. The number of hydrogen-bond donors (Lipinski definition) is 1. The van der Waals surface area contributed by atoms with Crippen molar-refractivity contribution in [3.63, 3.8) is 0 Å². The van der Waals surface area contributed by atoms with Crippen LogP contribution in [-0.4, -0.2) is 13.0 Å². The van der Waals surface area contributed by atoms with Gasteiger partial charge in [0.05, 0.1) is 24.4 Å². The summed E-state index contributed by atoms with van der Waals surface area (Å²) in [5, 5.41) is 21.3. The topological polar surface area (TPSA) is 95.1 Å². The molecule has 0 atom stereocenters. The van der Waals surface area contributed by atoms with E-state index < -0.39 is 11.7 Å². The summed E-state index contributed by atoms with van der Waals surface area (Å²) in [4.78, 5) is 12.6. The first-order valence-corrected chi connectivity index (χ1v) is 10.6. The van der Waals surface area contributed by atoms with E-state index in [9.17, 15) is 19.7 Å². The molecule has 0 unspecified atom stereocenters. The van der Waals surface area contributed by atoms with Crippen molar-refractivity contribution in [3.05, 3.63) is 107 Å². The van der Waals surface area contributed by atoms with Gasteiger partial charge in [0.2, 0.25) is 0 Å². The van der Waals surface area contributed by atoms with Crippen molar-refractivity contribution in [1.82, 2.24) is 0 Å². The third-order valence-electron chi connectivity index (χ3n) is 5.05. The van der Waals surface area contributed by atoms with Crippen LogP contribution in [0.4, 0.5) is 10.1 Å². The SMILES string of the molecule is C=CCc1cc(/C=C(/C#N)C(=O)Nc2ccccc2F)cc(OC)c1OCc1ccccc1C#N. The Labute approximate surface area is 203 Å². The maximum absolute atomic E-state index is 13.9. The third kappa shape index (κ3) is 6.13. The number of carbonyl (C=O) groups is 1. The predicted octanol–water partition coefficient (Wildman–Crippen LogP) is 5.56. The van der Waals surface area contributed by atoms with Gasteiger partial charge in [0.1, 0.15) is 24.1 Å². The van der Waals surface area contributed by atoms with Crippen LogP contribution in [0.15, 0.2) is 78.9 Å². The van der Waals surface area contributed by atoms with E-state index in [1.807, 2.05) is 18.2 Å². The summed E-state index contributed by atoms with van der Waals surface area (Å²) in [7, 11) is 1.48. The summed E-state index contributed by atoms with van der Waals surface area (Å²) in [5.41, 5.74) is 2.23. The molecule has 0 heterocycles. The van der Waals surface area contributed by atoms with Gasteiger partial charge in [0, 0.05) is 11.1 Å². The van der Waals surface area contributed by atoms with Crippen LogP contribution in [0.5, 0.6) is 11.5 Å². The lowest BCUT2D eigenvalue weighted by molar-refractivity contribution is -0.112. The van der Waals surface area contributed by atoms with Crippen LogP contribution in [0.25, 0.3) is 6.08 Å². The number of halogens is 1. The number of benzene rings is 3. The van der Waals surface area contributed by atoms with Crippen LogP contribution in [0.2, 0.25) is 0 Å². The van der Waals surface area contributed by atoms with Gasteiger partial charge < -0.3 is 14.8 Å². The van der Waals surface area contributed by atoms with Crippen molar-refractivity contribution in [2.45, 2.75) is 13.0 Å². The number of nitrogens with one attached hydrogen (secondary N) is 1. The summed E-state index contributed by atoms with van der Waals surface area (Å²) < 4.78 is 25.4. The average molecular weight is 468 g/mol. The highest BCUT2D eigenvalue weighted by molar-refractivity contribution is 6.09. The summed E-state index contributed by atoms with van der Waals surface area (Å²) in [5.74, 6) is -0.494. The molecule has 0 fully saturated rings. The Morgan fingerprint density at radius 1 is 1.11 bits per heavy atom. The number of allylic oxidation sites excluding steroid dienone is 1. The van der Waals surface area contributed by atoms with Crippen molar-refractivity contribution >= 4 is 17.7 Å². The molecule has 0 saturated heterocycles. The van der Waals surface area contributed by atoms with Crippen molar-refractivity contribution in [3.8, 4) is 23.6 Å². The number of carbonyl (C=O) groups excluding carboxylic acids is 1. The minimum atomic E-state index is -0.740. The fourth-order valence-corrected chi connectivity index (χ4v) is 3.36. The van der Waals surface area contributed by atoms with Crippen LogP contribution in [0, 0.1) is 28.5 Å². The Morgan fingerprint density at radius 2 is 1.86 bits per heavy atom. The molecular weight excluding hydrogens is 445 g/mol. The number of amides is 1. The first-order chi connectivity index (χ1) is 17.0. The second-order valence-electron chi connectivity index (χ2n) is 7.37. The summed E-state index contributed by atoms with van der Waals surface area (Å²) in [6.07, 6.45) is 3.51. The Morgan fingerprint density at radius 3 is 2.54 bits per heavy atom. The summed E-state index contributed by atoms with van der Waals surface area (Å²) in [6, 6.07) is 20.2. The maximum atomic E-state index is 13.9. The van der Waals surface area contributed by atoms with E-state index in [1.165, 1.54) is 31.4 Å². The van der Waals surface area contributed by atoms with Gasteiger partial charge in [-0.25, -0.2) is 4.39 Å². The number of ether oxygens (including phenoxy) is 2. The lowest BCUT2D eigenvalue weighted by Gasteiger charge is -2.16. The fraction of sp³-hybridized carbons (Fsp3) is 0.107. The lowest BCUT2D eigenvalue weighted by Crippen LogP contribution is -2.14. The number of para-hydroxylation sites is 1. The van der Waals surface area contributed by atoms with Crippen molar-refractivity contribution in [1.29, 1.82) is 10.5 Å². The highest BCUT2D eigenvalue weighted by atomic mass is 19.1. The van der Waals surface area contributed by atoms with Crippen LogP contribution < -0.4 is 14.8 Å².